The van der Waals surface area contributed by atoms with Crippen LogP contribution in [0, 0.1) is 16.7 Å². The van der Waals surface area contributed by atoms with Crippen LogP contribution in [0.15, 0.2) is 24.3 Å². The number of halogens is 3. The second kappa shape index (κ2) is 5.48. The van der Waals surface area contributed by atoms with Crippen molar-refractivity contribution < 1.29 is 22.7 Å². The molecule has 3 rings (SSSR count). The first kappa shape index (κ1) is 17.3. The standard InChI is InChI=1S/C18H22F3NO2/c1-16(2)9-17(11-24-3)10-22(8-14(16)17)15(23)12-5-4-6-13(7-12)18(19,20)21/h4-7,14H,8-11H2,1-3H3/t14-,17-/m1/s1. The number of fused-ring (bicyclic) bond motifs is 1. The van der Waals surface area contributed by atoms with Crippen LogP contribution in [0.3, 0.4) is 0 Å². The topological polar surface area (TPSA) is 29.5 Å². The van der Waals surface area contributed by atoms with Gasteiger partial charge in [0.05, 0.1) is 12.2 Å². The van der Waals surface area contributed by atoms with E-state index in [2.05, 4.69) is 13.8 Å². The Balaban J connectivity index is 1.82. The van der Waals surface area contributed by atoms with E-state index in [9.17, 15) is 18.0 Å². The Morgan fingerprint density at radius 1 is 1.38 bits per heavy atom. The molecule has 1 aromatic rings. The molecule has 2 atom stereocenters. The van der Waals surface area contributed by atoms with E-state index < -0.39 is 11.7 Å². The SMILES string of the molecule is COC[C@@]12CN(C(=O)c3cccc(C(F)(F)F)c3)C[C@@H]1C(C)(C)C2. The number of ether oxygens (including phenoxy) is 1. The zero-order chi connectivity index (χ0) is 17.8. The lowest BCUT2D eigenvalue weighted by atomic mass is 9.48. The second-order valence-corrected chi connectivity index (χ2v) is 7.78. The Morgan fingerprint density at radius 3 is 2.67 bits per heavy atom. The van der Waals surface area contributed by atoms with Gasteiger partial charge < -0.3 is 9.64 Å². The van der Waals surface area contributed by atoms with Crippen molar-refractivity contribution in [3.8, 4) is 0 Å². The van der Waals surface area contributed by atoms with E-state index in [1.807, 2.05) is 0 Å². The van der Waals surface area contributed by atoms with Gasteiger partial charge in [-0.3, -0.25) is 4.79 Å². The van der Waals surface area contributed by atoms with Gasteiger partial charge in [-0.05, 0) is 36.0 Å². The van der Waals surface area contributed by atoms with E-state index in [0.29, 0.717) is 25.6 Å². The third-order valence-electron chi connectivity index (χ3n) is 5.55. The molecule has 0 spiro atoms. The van der Waals surface area contributed by atoms with Crippen LogP contribution >= 0.6 is 0 Å². The fourth-order valence-electron chi connectivity index (χ4n) is 4.77. The van der Waals surface area contributed by atoms with E-state index in [-0.39, 0.29) is 22.3 Å². The number of carbonyl (C=O) groups excluding carboxylic acids is 1. The molecule has 1 saturated heterocycles. The molecular weight excluding hydrogens is 319 g/mol. The minimum atomic E-state index is -4.44. The normalized spacial score (nSPS) is 28.4. The molecule has 132 valence electrons. The Hall–Kier alpha value is -1.56. The summed E-state index contributed by atoms with van der Waals surface area (Å²) in [6.07, 6.45) is -3.48. The van der Waals surface area contributed by atoms with Crippen LogP contribution in [0.5, 0.6) is 0 Å². The number of carbonyl (C=O) groups is 1. The van der Waals surface area contributed by atoms with E-state index in [1.54, 1.807) is 12.0 Å². The summed E-state index contributed by atoms with van der Waals surface area (Å²) >= 11 is 0. The molecule has 2 aliphatic rings. The largest absolute Gasteiger partial charge is 0.416 e. The quantitative estimate of drug-likeness (QED) is 0.836. The monoisotopic (exact) mass is 341 g/mol. The van der Waals surface area contributed by atoms with Crippen molar-refractivity contribution in [1.29, 1.82) is 0 Å². The second-order valence-electron chi connectivity index (χ2n) is 7.78. The van der Waals surface area contributed by atoms with Crippen molar-refractivity contribution in [2.45, 2.75) is 26.4 Å². The Morgan fingerprint density at radius 2 is 2.08 bits per heavy atom. The summed E-state index contributed by atoms with van der Waals surface area (Å²) in [5.41, 5.74) is -0.629. The van der Waals surface area contributed by atoms with Gasteiger partial charge in [0.15, 0.2) is 0 Å². The van der Waals surface area contributed by atoms with Crippen molar-refractivity contribution >= 4 is 5.91 Å². The van der Waals surface area contributed by atoms with Crippen LogP contribution in [0.2, 0.25) is 0 Å². The third-order valence-corrected chi connectivity index (χ3v) is 5.55. The van der Waals surface area contributed by atoms with E-state index in [4.69, 9.17) is 4.74 Å². The van der Waals surface area contributed by atoms with Crippen molar-refractivity contribution in [3.05, 3.63) is 35.4 Å². The molecule has 1 aliphatic heterocycles. The highest BCUT2D eigenvalue weighted by molar-refractivity contribution is 5.94. The van der Waals surface area contributed by atoms with Crippen molar-refractivity contribution in [3.63, 3.8) is 0 Å². The van der Waals surface area contributed by atoms with E-state index in [0.717, 1.165) is 18.6 Å². The minimum absolute atomic E-state index is 0.0600. The zero-order valence-corrected chi connectivity index (χ0v) is 14.1. The van der Waals surface area contributed by atoms with Gasteiger partial charge >= 0.3 is 6.18 Å². The van der Waals surface area contributed by atoms with Crippen molar-refractivity contribution in [2.24, 2.45) is 16.7 Å². The van der Waals surface area contributed by atoms with Gasteiger partial charge in [-0.15, -0.1) is 0 Å². The van der Waals surface area contributed by atoms with E-state index in [1.165, 1.54) is 12.1 Å². The van der Waals surface area contributed by atoms with E-state index >= 15 is 0 Å². The summed E-state index contributed by atoms with van der Waals surface area (Å²) in [7, 11) is 1.65. The lowest BCUT2D eigenvalue weighted by molar-refractivity contribution is -0.137. The molecule has 24 heavy (non-hydrogen) atoms. The van der Waals surface area contributed by atoms with Gasteiger partial charge in [-0.2, -0.15) is 13.2 Å². The molecular formula is C18H22F3NO2. The maximum atomic E-state index is 12.9. The van der Waals surface area contributed by atoms with Crippen LogP contribution in [-0.4, -0.2) is 37.6 Å². The van der Waals surface area contributed by atoms with Crippen molar-refractivity contribution in [1.82, 2.24) is 4.90 Å². The Kier molecular flexibility index (Phi) is 3.94. The number of rotatable bonds is 3. The molecule has 1 heterocycles. The van der Waals surface area contributed by atoms with Gasteiger partial charge in [-0.25, -0.2) is 0 Å². The fraction of sp³-hybridized carbons (Fsp3) is 0.611. The summed E-state index contributed by atoms with van der Waals surface area (Å²) in [5.74, 6) is -0.0125. The van der Waals surface area contributed by atoms with Gasteiger partial charge in [0.2, 0.25) is 0 Å². The highest BCUT2D eigenvalue weighted by atomic mass is 19.4. The molecule has 0 N–H and O–H groups in total. The van der Waals surface area contributed by atoms with Gasteiger partial charge in [0.25, 0.3) is 5.91 Å². The molecule has 1 aliphatic carbocycles. The number of nitrogens with zero attached hydrogens (tertiary/aromatic N) is 1. The maximum Gasteiger partial charge on any atom is 0.416 e. The molecule has 0 bridgehead atoms. The fourth-order valence-corrected chi connectivity index (χ4v) is 4.77. The minimum Gasteiger partial charge on any atom is -0.384 e. The first-order valence-electron chi connectivity index (χ1n) is 8.05. The third kappa shape index (κ3) is 2.70. The highest BCUT2D eigenvalue weighted by Gasteiger charge is 2.63. The molecule has 6 heteroatoms. The molecule has 0 radical (unpaired) electrons. The molecule has 1 amide bonds. The number of methoxy groups -OCH3 is 1. The van der Waals surface area contributed by atoms with Gasteiger partial charge in [0.1, 0.15) is 0 Å². The molecule has 1 aromatic carbocycles. The van der Waals surface area contributed by atoms with Gasteiger partial charge in [-0.1, -0.05) is 19.9 Å². The average molecular weight is 341 g/mol. The number of benzene rings is 1. The summed E-state index contributed by atoms with van der Waals surface area (Å²) in [6.45, 7) is 6.04. The lowest BCUT2D eigenvalue weighted by Crippen LogP contribution is -2.55. The first-order chi connectivity index (χ1) is 11.1. The predicted molar refractivity (Wildman–Crippen MR) is 83.5 cm³/mol. The molecule has 0 aromatic heterocycles. The number of hydrogen-bond acceptors (Lipinski definition) is 2. The average Bonchev–Trinajstić information content (AvgIpc) is 2.81. The number of alkyl halides is 3. The molecule has 2 fully saturated rings. The smallest absolute Gasteiger partial charge is 0.384 e. The predicted octanol–water partition coefficient (Wildman–Crippen LogP) is 3.84. The summed E-state index contributed by atoms with van der Waals surface area (Å²) in [5, 5.41) is 0. The molecule has 1 saturated carbocycles. The number of hydrogen-bond donors (Lipinski definition) is 0. The highest BCUT2D eigenvalue weighted by Crippen LogP contribution is 2.62. The van der Waals surface area contributed by atoms with Crippen LogP contribution < -0.4 is 0 Å². The van der Waals surface area contributed by atoms with Crippen LogP contribution in [0.4, 0.5) is 13.2 Å². The molecule has 0 unspecified atom stereocenters. The van der Waals surface area contributed by atoms with Crippen LogP contribution in [0.25, 0.3) is 0 Å². The lowest BCUT2D eigenvalue weighted by Gasteiger charge is -2.56. The van der Waals surface area contributed by atoms with Gasteiger partial charge in [0, 0.05) is 31.2 Å². The Labute approximate surface area is 139 Å². The summed E-state index contributed by atoms with van der Waals surface area (Å²) in [4.78, 5) is 14.4. The Bertz CT molecular complexity index is 656. The number of amides is 1. The van der Waals surface area contributed by atoms with Crippen LogP contribution in [0.1, 0.15) is 36.2 Å². The maximum absolute atomic E-state index is 12.9. The van der Waals surface area contributed by atoms with Crippen molar-refractivity contribution in [2.75, 3.05) is 26.8 Å². The summed E-state index contributed by atoms with van der Waals surface area (Å²) in [6, 6.07) is 4.66. The zero-order valence-electron chi connectivity index (χ0n) is 14.1. The summed E-state index contributed by atoms with van der Waals surface area (Å²) < 4.78 is 43.9. The molecule has 3 nitrogen and oxygen atoms in total. The van der Waals surface area contributed by atoms with Crippen LogP contribution in [-0.2, 0) is 10.9 Å². The number of likely N-dealkylation sites (tertiary alicyclic amines) is 1. The first-order valence-corrected chi connectivity index (χ1v) is 8.05.